The Hall–Kier alpha value is -3.64. The lowest BCUT2D eigenvalue weighted by Crippen LogP contribution is -2.54. The lowest BCUT2D eigenvalue weighted by molar-refractivity contribution is -0.122. The van der Waals surface area contributed by atoms with Crippen LogP contribution in [-0.4, -0.2) is 22.4 Å². The molecule has 0 saturated carbocycles. The number of imide groups is 2. The third-order valence-corrected chi connectivity index (χ3v) is 6.36. The number of halogens is 1. The third-order valence-electron chi connectivity index (χ3n) is 5.95. The molecule has 0 radical (unpaired) electrons. The second-order valence-corrected chi connectivity index (χ2v) is 8.43. The molecule has 1 saturated heterocycles. The van der Waals surface area contributed by atoms with Gasteiger partial charge in [0.1, 0.15) is 5.57 Å². The number of rotatable bonds is 4. The normalized spacial score (nSPS) is 15.4. The first-order chi connectivity index (χ1) is 15.7. The van der Waals surface area contributed by atoms with Gasteiger partial charge in [-0.25, -0.2) is 9.69 Å². The van der Waals surface area contributed by atoms with Gasteiger partial charge in [0.15, 0.2) is 0 Å². The van der Waals surface area contributed by atoms with Gasteiger partial charge in [-0.3, -0.25) is 14.9 Å². The average Bonchev–Trinajstić information content (AvgIpc) is 3.06. The topological polar surface area (TPSA) is 71.4 Å². The minimum absolute atomic E-state index is 0.115. The van der Waals surface area contributed by atoms with Crippen LogP contribution in [0.1, 0.15) is 35.0 Å². The molecule has 7 heteroatoms. The molecule has 3 aromatic rings. The highest BCUT2D eigenvalue weighted by atomic mass is 35.5. The first-order valence-electron chi connectivity index (χ1n) is 10.7. The zero-order valence-corrected chi connectivity index (χ0v) is 19.7. The SMILES string of the molecule is CCc1ccc(-n2c(C)cc(/C=C3\C(=O)NC(=O)N(c4cccc(Cl)c4C)C3=O)c2C)cc1. The summed E-state index contributed by atoms with van der Waals surface area (Å²) in [6, 6.07) is 14.4. The van der Waals surface area contributed by atoms with Crippen molar-refractivity contribution in [2.75, 3.05) is 4.90 Å². The van der Waals surface area contributed by atoms with E-state index in [0.717, 1.165) is 34.0 Å². The van der Waals surface area contributed by atoms with E-state index in [1.54, 1.807) is 25.1 Å². The fourth-order valence-electron chi connectivity index (χ4n) is 4.08. The predicted molar refractivity (Wildman–Crippen MR) is 130 cm³/mol. The molecule has 1 aliphatic rings. The molecule has 0 spiro atoms. The van der Waals surface area contributed by atoms with Crippen LogP contribution in [0.15, 0.2) is 54.1 Å². The van der Waals surface area contributed by atoms with Crippen molar-refractivity contribution in [3.63, 3.8) is 0 Å². The highest BCUT2D eigenvalue weighted by Gasteiger charge is 2.37. The number of nitrogens with zero attached hydrogens (tertiary/aromatic N) is 2. The van der Waals surface area contributed by atoms with Crippen LogP contribution in [0.25, 0.3) is 11.8 Å². The van der Waals surface area contributed by atoms with Gasteiger partial charge in [0, 0.05) is 22.1 Å². The molecular weight excluding hydrogens is 438 g/mol. The molecule has 4 rings (SSSR count). The first kappa shape index (κ1) is 22.6. The number of anilines is 1. The van der Waals surface area contributed by atoms with Crippen molar-refractivity contribution >= 4 is 41.2 Å². The molecule has 33 heavy (non-hydrogen) atoms. The highest BCUT2D eigenvalue weighted by Crippen LogP contribution is 2.30. The van der Waals surface area contributed by atoms with E-state index in [1.165, 1.54) is 11.6 Å². The van der Waals surface area contributed by atoms with Crippen molar-refractivity contribution in [1.29, 1.82) is 0 Å². The molecule has 0 aliphatic carbocycles. The number of benzene rings is 2. The van der Waals surface area contributed by atoms with E-state index >= 15 is 0 Å². The lowest BCUT2D eigenvalue weighted by Gasteiger charge is -2.27. The number of aryl methyl sites for hydroxylation is 2. The summed E-state index contributed by atoms with van der Waals surface area (Å²) in [5.41, 5.74) is 5.61. The zero-order valence-electron chi connectivity index (χ0n) is 18.9. The number of nitrogens with one attached hydrogen (secondary N) is 1. The van der Waals surface area contributed by atoms with Crippen LogP contribution in [0.2, 0.25) is 5.02 Å². The summed E-state index contributed by atoms with van der Waals surface area (Å²) in [7, 11) is 0. The quantitative estimate of drug-likeness (QED) is 0.424. The minimum atomic E-state index is -0.797. The van der Waals surface area contributed by atoms with Gasteiger partial charge < -0.3 is 4.57 Å². The fraction of sp³-hybridized carbons (Fsp3) is 0.192. The van der Waals surface area contributed by atoms with Crippen LogP contribution >= 0.6 is 11.6 Å². The van der Waals surface area contributed by atoms with Crippen LogP contribution in [0.3, 0.4) is 0 Å². The molecule has 1 fully saturated rings. The summed E-state index contributed by atoms with van der Waals surface area (Å²) in [5.74, 6) is -1.41. The van der Waals surface area contributed by atoms with Gasteiger partial charge >= 0.3 is 6.03 Å². The second-order valence-electron chi connectivity index (χ2n) is 8.02. The summed E-state index contributed by atoms with van der Waals surface area (Å²) >= 11 is 6.19. The lowest BCUT2D eigenvalue weighted by atomic mass is 10.1. The number of aromatic nitrogens is 1. The number of urea groups is 1. The summed E-state index contributed by atoms with van der Waals surface area (Å²) in [4.78, 5) is 39.4. The molecule has 1 N–H and O–H groups in total. The predicted octanol–water partition coefficient (Wildman–Crippen LogP) is 5.28. The van der Waals surface area contributed by atoms with E-state index in [9.17, 15) is 14.4 Å². The van der Waals surface area contributed by atoms with Crippen molar-refractivity contribution in [2.24, 2.45) is 0 Å². The Morgan fingerprint density at radius 3 is 2.36 bits per heavy atom. The largest absolute Gasteiger partial charge is 0.335 e. The van der Waals surface area contributed by atoms with E-state index in [0.29, 0.717) is 16.3 Å². The van der Waals surface area contributed by atoms with Crippen molar-refractivity contribution in [3.05, 3.63) is 87.2 Å². The zero-order chi connectivity index (χ0) is 23.9. The van der Waals surface area contributed by atoms with E-state index in [1.807, 2.05) is 19.9 Å². The van der Waals surface area contributed by atoms with E-state index < -0.39 is 17.8 Å². The summed E-state index contributed by atoms with van der Waals surface area (Å²) in [6.07, 6.45) is 2.50. The van der Waals surface area contributed by atoms with Crippen LogP contribution in [0.5, 0.6) is 0 Å². The van der Waals surface area contributed by atoms with Crippen molar-refractivity contribution in [2.45, 2.75) is 34.1 Å². The van der Waals surface area contributed by atoms with Gasteiger partial charge in [0.05, 0.1) is 5.69 Å². The van der Waals surface area contributed by atoms with Crippen molar-refractivity contribution in [3.8, 4) is 5.69 Å². The molecule has 4 amide bonds. The third kappa shape index (κ3) is 3.98. The monoisotopic (exact) mass is 461 g/mol. The van der Waals surface area contributed by atoms with Crippen LogP contribution < -0.4 is 10.2 Å². The summed E-state index contributed by atoms with van der Waals surface area (Å²) in [5, 5.41) is 2.69. The van der Waals surface area contributed by atoms with Crippen LogP contribution in [0, 0.1) is 20.8 Å². The molecule has 1 aromatic heterocycles. The van der Waals surface area contributed by atoms with Crippen LogP contribution in [-0.2, 0) is 16.0 Å². The summed E-state index contributed by atoms with van der Waals surface area (Å²) in [6.45, 7) is 7.73. The van der Waals surface area contributed by atoms with Gasteiger partial charge in [-0.15, -0.1) is 0 Å². The Morgan fingerprint density at radius 1 is 1.00 bits per heavy atom. The smallest absolute Gasteiger partial charge is 0.318 e. The van der Waals surface area contributed by atoms with E-state index in [4.69, 9.17) is 11.6 Å². The maximum Gasteiger partial charge on any atom is 0.335 e. The van der Waals surface area contributed by atoms with E-state index in [-0.39, 0.29) is 5.57 Å². The summed E-state index contributed by atoms with van der Waals surface area (Å²) < 4.78 is 2.07. The Kier molecular flexibility index (Phi) is 5.95. The highest BCUT2D eigenvalue weighted by molar-refractivity contribution is 6.40. The molecule has 6 nitrogen and oxygen atoms in total. The Balaban J connectivity index is 1.76. The Morgan fingerprint density at radius 2 is 1.70 bits per heavy atom. The number of carbonyl (C=O) groups excluding carboxylic acids is 3. The van der Waals surface area contributed by atoms with Gasteiger partial charge in [-0.1, -0.05) is 36.7 Å². The molecule has 2 heterocycles. The molecule has 0 bridgehead atoms. The molecule has 0 atom stereocenters. The second kappa shape index (κ2) is 8.71. The van der Waals surface area contributed by atoms with E-state index in [2.05, 4.69) is 41.1 Å². The minimum Gasteiger partial charge on any atom is -0.318 e. The Bertz CT molecular complexity index is 1320. The van der Waals surface area contributed by atoms with Gasteiger partial charge in [0.25, 0.3) is 11.8 Å². The van der Waals surface area contributed by atoms with Crippen molar-refractivity contribution < 1.29 is 14.4 Å². The average molecular weight is 462 g/mol. The standard InChI is InChI=1S/C26H24ClN3O3/c1-5-18-9-11-20(12-10-18)29-15(2)13-19(17(29)4)14-21-24(31)28-26(33)30(25(21)32)23-8-6-7-22(27)16(23)3/h6-14H,5H2,1-4H3,(H,28,31,33)/b21-14+. The number of barbiturate groups is 1. The van der Waals surface area contributed by atoms with Gasteiger partial charge in [-0.05, 0) is 80.3 Å². The van der Waals surface area contributed by atoms with Gasteiger partial charge in [-0.2, -0.15) is 0 Å². The number of hydrogen-bond acceptors (Lipinski definition) is 3. The molecule has 1 aliphatic heterocycles. The first-order valence-corrected chi connectivity index (χ1v) is 11.1. The number of amides is 4. The molecule has 2 aromatic carbocycles. The number of carbonyl (C=O) groups is 3. The maximum atomic E-state index is 13.3. The van der Waals surface area contributed by atoms with Crippen LogP contribution in [0.4, 0.5) is 10.5 Å². The molecular formula is C26H24ClN3O3. The number of hydrogen-bond donors (Lipinski definition) is 1. The maximum absolute atomic E-state index is 13.3. The van der Waals surface area contributed by atoms with Crippen molar-refractivity contribution in [1.82, 2.24) is 9.88 Å². The Labute approximate surface area is 197 Å². The van der Waals surface area contributed by atoms with Gasteiger partial charge in [0.2, 0.25) is 0 Å². The molecule has 0 unspecified atom stereocenters. The fourth-order valence-corrected chi connectivity index (χ4v) is 4.25. The molecule has 168 valence electrons.